The molecule has 0 bridgehead atoms. The Kier molecular flexibility index (Phi) is 4.77. The van der Waals surface area contributed by atoms with Crippen LogP contribution in [0.25, 0.3) is 0 Å². The van der Waals surface area contributed by atoms with E-state index in [0.29, 0.717) is 11.3 Å². The molecule has 2 aromatic rings. The second-order valence-corrected chi connectivity index (χ2v) is 4.58. The van der Waals surface area contributed by atoms with Gasteiger partial charge in [0.15, 0.2) is 0 Å². The number of hydrogen-bond acceptors (Lipinski definition) is 3. The summed E-state index contributed by atoms with van der Waals surface area (Å²) in [6, 6.07) is 13.6. The Balaban J connectivity index is 2.11. The largest absolute Gasteiger partial charge is 0.453 e. The SMILES string of the molecule is COC(=O)Nc1cccc(NC(C)c2ccccc2F)c1. The van der Waals surface area contributed by atoms with Gasteiger partial charge in [-0.25, -0.2) is 9.18 Å². The molecule has 0 saturated carbocycles. The lowest BCUT2D eigenvalue weighted by atomic mass is 10.1. The average molecular weight is 288 g/mol. The molecule has 5 heteroatoms. The summed E-state index contributed by atoms with van der Waals surface area (Å²) in [5.74, 6) is -0.249. The Hall–Kier alpha value is -2.56. The van der Waals surface area contributed by atoms with E-state index in [1.165, 1.54) is 13.2 Å². The molecule has 4 nitrogen and oxygen atoms in total. The molecule has 0 radical (unpaired) electrons. The maximum Gasteiger partial charge on any atom is 0.411 e. The smallest absolute Gasteiger partial charge is 0.411 e. The van der Waals surface area contributed by atoms with Gasteiger partial charge in [0.05, 0.1) is 13.2 Å². The molecule has 2 N–H and O–H groups in total. The van der Waals surface area contributed by atoms with Crippen LogP contribution < -0.4 is 10.6 Å². The van der Waals surface area contributed by atoms with Gasteiger partial charge in [0.25, 0.3) is 0 Å². The summed E-state index contributed by atoms with van der Waals surface area (Å²) in [7, 11) is 1.30. The topological polar surface area (TPSA) is 50.4 Å². The van der Waals surface area contributed by atoms with Gasteiger partial charge in [0, 0.05) is 16.9 Å². The van der Waals surface area contributed by atoms with Crippen LogP contribution in [0.1, 0.15) is 18.5 Å². The Morgan fingerprint density at radius 2 is 1.86 bits per heavy atom. The molecule has 2 rings (SSSR count). The van der Waals surface area contributed by atoms with Crippen LogP contribution in [0, 0.1) is 5.82 Å². The number of methoxy groups -OCH3 is 1. The number of halogens is 1. The summed E-state index contributed by atoms with van der Waals surface area (Å²) in [6.07, 6.45) is -0.533. The first-order valence-corrected chi connectivity index (χ1v) is 6.56. The first kappa shape index (κ1) is 14.8. The lowest BCUT2D eigenvalue weighted by Gasteiger charge is -2.17. The van der Waals surface area contributed by atoms with Crippen molar-refractivity contribution in [1.29, 1.82) is 0 Å². The van der Waals surface area contributed by atoms with Gasteiger partial charge in [-0.3, -0.25) is 5.32 Å². The third-order valence-corrected chi connectivity index (χ3v) is 3.05. The van der Waals surface area contributed by atoms with Crippen molar-refractivity contribution in [2.75, 3.05) is 17.7 Å². The van der Waals surface area contributed by atoms with Crippen molar-refractivity contribution < 1.29 is 13.9 Å². The Bertz CT molecular complexity index is 631. The van der Waals surface area contributed by atoms with E-state index in [4.69, 9.17) is 0 Å². The minimum Gasteiger partial charge on any atom is -0.453 e. The van der Waals surface area contributed by atoms with Crippen molar-refractivity contribution in [3.63, 3.8) is 0 Å². The number of benzene rings is 2. The first-order valence-electron chi connectivity index (χ1n) is 6.56. The van der Waals surface area contributed by atoms with Crippen molar-refractivity contribution >= 4 is 17.5 Å². The third kappa shape index (κ3) is 3.95. The van der Waals surface area contributed by atoms with E-state index >= 15 is 0 Å². The molecule has 1 amide bonds. The molecular formula is C16H17FN2O2. The van der Waals surface area contributed by atoms with Crippen molar-refractivity contribution in [2.45, 2.75) is 13.0 Å². The molecule has 1 unspecified atom stereocenters. The first-order chi connectivity index (χ1) is 10.1. The van der Waals surface area contributed by atoms with Crippen LogP contribution in [-0.2, 0) is 4.74 Å². The normalized spacial score (nSPS) is 11.6. The highest BCUT2D eigenvalue weighted by atomic mass is 19.1. The van der Waals surface area contributed by atoms with E-state index in [1.54, 1.807) is 36.4 Å². The zero-order valence-corrected chi connectivity index (χ0v) is 11.9. The second-order valence-electron chi connectivity index (χ2n) is 4.58. The average Bonchev–Trinajstić information content (AvgIpc) is 2.47. The van der Waals surface area contributed by atoms with Crippen LogP contribution in [-0.4, -0.2) is 13.2 Å². The van der Waals surface area contributed by atoms with Crippen LogP contribution in [0.3, 0.4) is 0 Å². The minimum absolute atomic E-state index is 0.195. The molecule has 21 heavy (non-hydrogen) atoms. The molecule has 0 aromatic heterocycles. The fourth-order valence-corrected chi connectivity index (χ4v) is 2.01. The second kappa shape index (κ2) is 6.74. The van der Waals surface area contributed by atoms with E-state index in [1.807, 2.05) is 13.0 Å². The quantitative estimate of drug-likeness (QED) is 0.887. The van der Waals surface area contributed by atoms with Gasteiger partial charge in [-0.05, 0) is 31.2 Å². The number of nitrogens with one attached hydrogen (secondary N) is 2. The molecule has 0 fully saturated rings. The van der Waals surface area contributed by atoms with Crippen molar-refractivity contribution in [3.8, 4) is 0 Å². The predicted octanol–water partition coefficient (Wildman–Crippen LogP) is 4.18. The number of anilines is 2. The van der Waals surface area contributed by atoms with Crippen LogP contribution in [0.2, 0.25) is 0 Å². The van der Waals surface area contributed by atoms with Gasteiger partial charge >= 0.3 is 6.09 Å². The van der Waals surface area contributed by atoms with Crippen molar-refractivity contribution in [1.82, 2.24) is 0 Å². The predicted molar refractivity (Wildman–Crippen MR) is 80.9 cm³/mol. The number of ether oxygens (including phenoxy) is 1. The van der Waals surface area contributed by atoms with Gasteiger partial charge in [0.1, 0.15) is 5.82 Å². The Morgan fingerprint density at radius 1 is 1.14 bits per heavy atom. The number of rotatable bonds is 4. The Morgan fingerprint density at radius 3 is 2.57 bits per heavy atom. The molecular weight excluding hydrogens is 271 g/mol. The lowest BCUT2D eigenvalue weighted by molar-refractivity contribution is 0.187. The zero-order valence-electron chi connectivity index (χ0n) is 11.9. The Labute approximate surface area is 122 Å². The van der Waals surface area contributed by atoms with E-state index < -0.39 is 6.09 Å². The van der Waals surface area contributed by atoms with Gasteiger partial charge in [-0.15, -0.1) is 0 Å². The molecule has 0 saturated heterocycles. The van der Waals surface area contributed by atoms with E-state index in [9.17, 15) is 9.18 Å². The summed E-state index contributed by atoms with van der Waals surface area (Å²) < 4.78 is 18.3. The molecule has 0 aliphatic rings. The summed E-state index contributed by atoms with van der Waals surface area (Å²) in [4.78, 5) is 11.2. The maximum absolute atomic E-state index is 13.7. The zero-order chi connectivity index (χ0) is 15.2. The molecule has 0 aliphatic carbocycles. The highest BCUT2D eigenvalue weighted by Crippen LogP contribution is 2.23. The lowest BCUT2D eigenvalue weighted by Crippen LogP contribution is -2.12. The number of hydrogen-bond donors (Lipinski definition) is 2. The number of carbonyl (C=O) groups excluding carboxylic acids is 1. The fraction of sp³-hybridized carbons (Fsp3) is 0.188. The van der Waals surface area contributed by atoms with Gasteiger partial charge in [-0.1, -0.05) is 24.3 Å². The molecule has 110 valence electrons. The fourth-order valence-electron chi connectivity index (χ4n) is 2.01. The highest BCUT2D eigenvalue weighted by molar-refractivity contribution is 5.85. The minimum atomic E-state index is -0.533. The van der Waals surface area contributed by atoms with Crippen LogP contribution in [0.5, 0.6) is 0 Å². The van der Waals surface area contributed by atoms with E-state index in [0.717, 1.165) is 5.69 Å². The van der Waals surface area contributed by atoms with Crippen molar-refractivity contribution in [2.24, 2.45) is 0 Å². The summed E-state index contributed by atoms with van der Waals surface area (Å²) in [5.41, 5.74) is 1.97. The van der Waals surface area contributed by atoms with Crippen LogP contribution >= 0.6 is 0 Å². The number of amides is 1. The molecule has 2 aromatic carbocycles. The van der Waals surface area contributed by atoms with E-state index in [2.05, 4.69) is 15.4 Å². The summed E-state index contributed by atoms with van der Waals surface area (Å²) >= 11 is 0. The third-order valence-electron chi connectivity index (χ3n) is 3.05. The molecule has 1 atom stereocenters. The molecule has 0 aliphatic heterocycles. The van der Waals surface area contributed by atoms with Gasteiger partial charge in [-0.2, -0.15) is 0 Å². The van der Waals surface area contributed by atoms with Gasteiger partial charge < -0.3 is 10.1 Å². The van der Waals surface area contributed by atoms with Gasteiger partial charge in [0.2, 0.25) is 0 Å². The summed E-state index contributed by atoms with van der Waals surface area (Å²) in [6.45, 7) is 1.87. The molecule has 0 spiro atoms. The highest BCUT2D eigenvalue weighted by Gasteiger charge is 2.10. The maximum atomic E-state index is 13.7. The van der Waals surface area contributed by atoms with Crippen molar-refractivity contribution in [3.05, 3.63) is 59.9 Å². The summed E-state index contributed by atoms with van der Waals surface area (Å²) in [5, 5.41) is 5.78. The van der Waals surface area contributed by atoms with Crippen LogP contribution in [0.4, 0.5) is 20.6 Å². The standard InChI is InChI=1S/C16H17FN2O2/c1-11(14-8-3-4-9-15(14)17)18-12-6-5-7-13(10-12)19-16(20)21-2/h3-11,18H,1-2H3,(H,19,20). The monoisotopic (exact) mass is 288 g/mol. The number of carbonyl (C=O) groups is 1. The van der Waals surface area contributed by atoms with E-state index in [-0.39, 0.29) is 11.9 Å². The van der Waals surface area contributed by atoms with Crippen LogP contribution in [0.15, 0.2) is 48.5 Å². The molecule has 0 heterocycles.